The first kappa shape index (κ1) is 12.0. The van der Waals surface area contributed by atoms with Gasteiger partial charge in [0.15, 0.2) is 13.2 Å². The van der Waals surface area contributed by atoms with E-state index in [1.807, 2.05) is 13.8 Å². The topological polar surface area (TPSA) is 18.5 Å². The highest BCUT2D eigenvalue weighted by atomic mass is 32.2. The highest BCUT2D eigenvalue weighted by molar-refractivity contribution is 7.38. The van der Waals surface area contributed by atoms with Crippen molar-refractivity contribution in [3.8, 4) is 0 Å². The summed E-state index contributed by atoms with van der Waals surface area (Å²) in [4.78, 5) is 2.07. The van der Waals surface area contributed by atoms with Crippen LogP contribution in [0.15, 0.2) is 12.1 Å². The predicted octanol–water partition coefficient (Wildman–Crippen LogP) is 3.81. The SMILES string of the molecule is CCO[C]c1cc2cc([C]OCC)sc2s1. The fourth-order valence-electron chi connectivity index (χ4n) is 1.23. The zero-order chi connectivity index (χ0) is 11.4. The molecule has 0 aliphatic carbocycles. The molecule has 0 amide bonds. The summed E-state index contributed by atoms with van der Waals surface area (Å²) in [5.74, 6) is 0. The van der Waals surface area contributed by atoms with Crippen molar-refractivity contribution in [1.82, 2.24) is 0 Å². The molecule has 0 fully saturated rings. The van der Waals surface area contributed by atoms with Crippen LogP contribution in [0.2, 0.25) is 0 Å². The Balaban J connectivity index is 2.07. The van der Waals surface area contributed by atoms with Crippen LogP contribution in [0.5, 0.6) is 0 Å². The van der Waals surface area contributed by atoms with Crippen molar-refractivity contribution in [2.45, 2.75) is 13.8 Å². The summed E-state index contributed by atoms with van der Waals surface area (Å²) < 4.78 is 11.5. The Morgan fingerprint density at radius 1 is 1.00 bits per heavy atom. The number of ether oxygens (including phenoxy) is 2. The average molecular weight is 252 g/mol. The molecule has 2 rings (SSSR count). The van der Waals surface area contributed by atoms with Gasteiger partial charge < -0.3 is 9.47 Å². The van der Waals surface area contributed by atoms with E-state index in [-0.39, 0.29) is 0 Å². The molecule has 2 heterocycles. The van der Waals surface area contributed by atoms with E-state index in [9.17, 15) is 0 Å². The molecule has 0 aliphatic rings. The number of thiophene rings is 2. The molecule has 16 heavy (non-hydrogen) atoms. The highest BCUT2D eigenvalue weighted by Crippen LogP contribution is 2.34. The van der Waals surface area contributed by atoms with Crippen molar-refractivity contribution < 1.29 is 9.47 Å². The van der Waals surface area contributed by atoms with Crippen molar-refractivity contribution >= 4 is 32.1 Å². The van der Waals surface area contributed by atoms with Crippen LogP contribution >= 0.6 is 22.7 Å². The molecule has 0 saturated heterocycles. The second-order valence-corrected chi connectivity index (χ2v) is 5.40. The van der Waals surface area contributed by atoms with Crippen LogP contribution < -0.4 is 0 Å². The summed E-state index contributed by atoms with van der Waals surface area (Å²) in [5.41, 5.74) is 0. The molecule has 0 aromatic carbocycles. The smallest absolute Gasteiger partial charge is 0.176 e. The van der Waals surface area contributed by atoms with Gasteiger partial charge >= 0.3 is 0 Å². The quantitative estimate of drug-likeness (QED) is 0.778. The molecule has 0 unspecified atom stereocenters. The molecule has 0 atom stereocenters. The summed E-state index contributed by atoms with van der Waals surface area (Å²) in [6.45, 7) is 11.0. The summed E-state index contributed by atoms with van der Waals surface area (Å²) in [6.07, 6.45) is 0. The van der Waals surface area contributed by atoms with Crippen LogP contribution in [0.1, 0.15) is 23.6 Å². The molecule has 4 heteroatoms. The van der Waals surface area contributed by atoms with Gasteiger partial charge in [0, 0.05) is 28.4 Å². The van der Waals surface area contributed by atoms with E-state index in [1.54, 1.807) is 22.7 Å². The number of hydrogen-bond acceptors (Lipinski definition) is 4. The van der Waals surface area contributed by atoms with Crippen LogP contribution in [-0.4, -0.2) is 13.2 Å². The third kappa shape index (κ3) is 2.83. The molecule has 2 aromatic rings. The van der Waals surface area contributed by atoms with Gasteiger partial charge in [-0.1, -0.05) is 0 Å². The van der Waals surface area contributed by atoms with Crippen LogP contribution in [0.3, 0.4) is 0 Å². The molecule has 0 aliphatic heterocycles. The Kier molecular flexibility index (Phi) is 4.35. The Labute approximate surface area is 104 Å². The van der Waals surface area contributed by atoms with E-state index >= 15 is 0 Å². The molecular weight excluding hydrogens is 240 g/mol. The van der Waals surface area contributed by atoms with Crippen LogP contribution in [0.4, 0.5) is 0 Å². The normalized spacial score (nSPS) is 11.4. The van der Waals surface area contributed by atoms with E-state index in [4.69, 9.17) is 9.47 Å². The molecular formula is C12H12O2S2. The number of fused-ring (bicyclic) bond motifs is 1. The maximum absolute atomic E-state index is 5.14. The lowest BCUT2D eigenvalue weighted by Gasteiger charge is -1.94. The number of rotatable bonds is 6. The molecule has 2 nitrogen and oxygen atoms in total. The van der Waals surface area contributed by atoms with Gasteiger partial charge in [0.2, 0.25) is 0 Å². The average Bonchev–Trinajstić information content (AvgIpc) is 2.80. The van der Waals surface area contributed by atoms with Crippen LogP contribution in [0.25, 0.3) is 9.40 Å². The Morgan fingerprint density at radius 2 is 1.50 bits per heavy atom. The molecule has 0 spiro atoms. The molecule has 0 saturated carbocycles. The van der Waals surface area contributed by atoms with Gasteiger partial charge in [-0.15, -0.1) is 22.7 Å². The van der Waals surface area contributed by atoms with E-state index in [2.05, 4.69) is 25.3 Å². The third-order valence-electron chi connectivity index (χ3n) is 1.85. The lowest BCUT2D eigenvalue weighted by Crippen LogP contribution is -1.85. The number of hydrogen-bond donors (Lipinski definition) is 0. The standard InChI is InChI=1S/C12H12O2S2/c1-3-13-7-10-5-9-6-11(8-14-4-2)16-12(9)15-10/h5-6H,3-4H2,1-2H3. The summed E-state index contributed by atoms with van der Waals surface area (Å²) in [5, 5.41) is 1.21. The zero-order valence-electron chi connectivity index (χ0n) is 9.20. The van der Waals surface area contributed by atoms with Crippen LogP contribution in [-0.2, 0) is 9.47 Å². The first-order valence-electron chi connectivity index (χ1n) is 5.12. The second-order valence-electron chi connectivity index (χ2n) is 3.03. The largest absolute Gasteiger partial charge is 0.363 e. The fourth-order valence-corrected chi connectivity index (χ4v) is 3.38. The van der Waals surface area contributed by atoms with Gasteiger partial charge in [0.25, 0.3) is 0 Å². The minimum absolute atomic E-state index is 0.655. The summed E-state index contributed by atoms with van der Waals surface area (Å²) in [6, 6.07) is 4.15. The van der Waals surface area contributed by atoms with Gasteiger partial charge in [-0.2, -0.15) is 0 Å². The molecule has 4 radical (unpaired) electrons. The maximum Gasteiger partial charge on any atom is 0.176 e. The van der Waals surface area contributed by atoms with Gasteiger partial charge in [-0.3, -0.25) is 0 Å². The first-order chi connectivity index (χ1) is 7.83. The van der Waals surface area contributed by atoms with Crippen LogP contribution in [0, 0.1) is 13.2 Å². The van der Waals surface area contributed by atoms with Gasteiger partial charge in [0.05, 0.1) is 4.01 Å². The Bertz CT molecular complexity index is 376. The minimum atomic E-state index is 0.655. The molecule has 84 valence electrons. The van der Waals surface area contributed by atoms with Crippen molar-refractivity contribution in [1.29, 1.82) is 0 Å². The highest BCUT2D eigenvalue weighted by Gasteiger charge is 2.08. The third-order valence-corrected chi connectivity index (χ3v) is 4.03. The van der Waals surface area contributed by atoms with Crippen molar-refractivity contribution in [3.63, 3.8) is 0 Å². The Morgan fingerprint density at radius 3 is 1.88 bits per heavy atom. The predicted molar refractivity (Wildman–Crippen MR) is 67.6 cm³/mol. The lowest BCUT2D eigenvalue weighted by molar-refractivity contribution is 0.231. The van der Waals surface area contributed by atoms with E-state index in [1.165, 1.54) is 9.40 Å². The molecule has 0 bridgehead atoms. The monoisotopic (exact) mass is 252 g/mol. The second kappa shape index (κ2) is 5.77. The maximum atomic E-state index is 5.14. The Hall–Kier alpha value is -0.420. The summed E-state index contributed by atoms with van der Waals surface area (Å²) >= 11 is 3.36. The van der Waals surface area contributed by atoms with Gasteiger partial charge in [0.1, 0.15) is 0 Å². The van der Waals surface area contributed by atoms with Gasteiger partial charge in [-0.25, -0.2) is 0 Å². The lowest BCUT2D eigenvalue weighted by atomic mass is 10.3. The van der Waals surface area contributed by atoms with E-state index < -0.39 is 0 Å². The van der Waals surface area contributed by atoms with Crippen molar-refractivity contribution in [2.75, 3.05) is 13.2 Å². The van der Waals surface area contributed by atoms with E-state index in [0.29, 0.717) is 13.2 Å². The van der Waals surface area contributed by atoms with Gasteiger partial charge in [-0.05, 0) is 26.0 Å². The van der Waals surface area contributed by atoms with Crippen molar-refractivity contribution in [2.24, 2.45) is 0 Å². The molecule has 0 N–H and O–H groups in total. The zero-order valence-corrected chi connectivity index (χ0v) is 10.8. The van der Waals surface area contributed by atoms with Crippen molar-refractivity contribution in [3.05, 3.63) is 35.1 Å². The van der Waals surface area contributed by atoms with E-state index in [0.717, 1.165) is 9.75 Å². The fraction of sp³-hybridized carbons (Fsp3) is 0.333. The first-order valence-corrected chi connectivity index (χ1v) is 6.75. The minimum Gasteiger partial charge on any atom is -0.363 e. The molecule has 2 aromatic heterocycles. The summed E-state index contributed by atoms with van der Waals surface area (Å²) in [7, 11) is 0.